The van der Waals surface area contributed by atoms with Gasteiger partial charge in [-0.2, -0.15) is 0 Å². The van der Waals surface area contributed by atoms with Crippen molar-refractivity contribution in [2.24, 2.45) is 11.5 Å². The third-order valence-corrected chi connectivity index (χ3v) is 6.05. The summed E-state index contributed by atoms with van der Waals surface area (Å²) in [5.41, 5.74) is 13.6. The van der Waals surface area contributed by atoms with Crippen LogP contribution in [0.1, 0.15) is 82.3 Å². The van der Waals surface area contributed by atoms with E-state index in [1.165, 1.54) is 6.20 Å². The number of amides is 2. The number of carbonyl (C=O) groups is 2. The summed E-state index contributed by atoms with van der Waals surface area (Å²) in [4.78, 5) is 32.6. The summed E-state index contributed by atoms with van der Waals surface area (Å²) in [5.74, 6) is -2.10. The molecular weight excluding hydrogens is 416 g/mol. The summed E-state index contributed by atoms with van der Waals surface area (Å²) in [6.07, 6.45) is 7.14. The van der Waals surface area contributed by atoms with Crippen LogP contribution in [0.4, 0.5) is 14.6 Å². The van der Waals surface area contributed by atoms with Crippen molar-refractivity contribution in [2.75, 3.05) is 18.0 Å². The highest BCUT2D eigenvalue weighted by molar-refractivity contribution is 5.98. The van der Waals surface area contributed by atoms with Crippen LogP contribution in [0.5, 0.6) is 0 Å². The van der Waals surface area contributed by atoms with Crippen LogP contribution in [0.15, 0.2) is 30.6 Å². The van der Waals surface area contributed by atoms with Crippen LogP contribution >= 0.6 is 0 Å². The highest BCUT2D eigenvalue weighted by Crippen LogP contribution is 2.49. The summed E-state index contributed by atoms with van der Waals surface area (Å²) in [7, 11) is 0. The molecule has 5 rings (SSSR count). The molecular formula is C23H27F2N5O2. The molecule has 2 aromatic rings. The summed E-state index contributed by atoms with van der Waals surface area (Å²) in [6.45, 7) is 0.431. The number of rotatable bonds is 5. The fraction of sp³-hybridized carbons (Fsp3) is 0.478. The Labute approximate surface area is 185 Å². The molecule has 32 heavy (non-hydrogen) atoms. The van der Waals surface area contributed by atoms with E-state index in [0.29, 0.717) is 28.8 Å². The molecule has 3 fully saturated rings. The van der Waals surface area contributed by atoms with Crippen LogP contribution < -0.4 is 16.4 Å². The predicted octanol–water partition coefficient (Wildman–Crippen LogP) is 3.35. The van der Waals surface area contributed by atoms with E-state index >= 15 is 0 Å². The SMILES string of the molecule is NC(=O)c1cc(C2CC2)c(C2CC2)nc1N1CCC(F)(F)CC1.NC(=O)c1cccnc1. The van der Waals surface area contributed by atoms with Crippen molar-refractivity contribution >= 4 is 17.6 Å². The van der Waals surface area contributed by atoms with E-state index in [4.69, 9.17) is 16.5 Å². The maximum absolute atomic E-state index is 13.4. The molecule has 2 amide bonds. The highest BCUT2D eigenvalue weighted by Gasteiger charge is 2.38. The minimum atomic E-state index is -2.61. The van der Waals surface area contributed by atoms with Gasteiger partial charge in [0.25, 0.3) is 11.8 Å². The van der Waals surface area contributed by atoms with Crippen molar-refractivity contribution in [1.29, 1.82) is 0 Å². The minimum Gasteiger partial charge on any atom is -0.366 e. The Balaban J connectivity index is 0.000000230. The molecule has 3 heterocycles. The van der Waals surface area contributed by atoms with Gasteiger partial charge in [0.05, 0.1) is 11.1 Å². The fourth-order valence-electron chi connectivity index (χ4n) is 3.91. The standard InChI is InChI=1S/C17H21F2N3O.C6H6N2O/c18-17(19)5-7-22(8-6-17)16-13(15(20)23)9-12(10-1-2-10)14(21-16)11-3-4-11;7-6(9)5-2-1-3-8-4-5/h9-11H,1-8H2,(H2,20,23);1-4H,(H2,7,9). The normalized spacial score (nSPS) is 19.6. The molecule has 0 aromatic carbocycles. The Kier molecular flexibility index (Phi) is 6.08. The third kappa shape index (κ3) is 5.20. The highest BCUT2D eigenvalue weighted by atomic mass is 19.3. The largest absolute Gasteiger partial charge is 0.366 e. The van der Waals surface area contributed by atoms with E-state index in [2.05, 4.69) is 4.98 Å². The zero-order valence-corrected chi connectivity index (χ0v) is 17.8. The van der Waals surface area contributed by atoms with Gasteiger partial charge in [-0.15, -0.1) is 0 Å². The first-order valence-corrected chi connectivity index (χ1v) is 10.9. The number of halogens is 2. The van der Waals surface area contributed by atoms with Gasteiger partial charge in [0.15, 0.2) is 0 Å². The number of nitrogens with two attached hydrogens (primary N) is 2. The van der Waals surface area contributed by atoms with Gasteiger partial charge >= 0.3 is 0 Å². The summed E-state index contributed by atoms with van der Waals surface area (Å²) < 4.78 is 26.8. The lowest BCUT2D eigenvalue weighted by molar-refractivity contribution is -0.0221. The lowest BCUT2D eigenvalue weighted by atomic mass is 10.0. The number of piperidine rings is 1. The Bertz CT molecular complexity index is 997. The molecule has 2 aromatic heterocycles. The smallest absolute Gasteiger partial charge is 0.252 e. The van der Waals surface area contributed by atoms with Crippen molar-refractivity contribution < 1.29 is 18.4 Å². The molecule has 1 saturated heterocycles. The second-order valence-electron chi connectivity index (χ2n) is 8.70. The predicted molar refractivity (Wildman–Crippen MR) is 116 cm³/mol. The first-order chi connectivity index (χ1) is 15.2. The van der Waals surface area contributed by atoms with Crippen molar-refractivity contribution in [2.45, 2.75) is 56.3 Å². The van der Waals surface area contributed by atoms with Gasteiger partial charge in [0.2, 0.25) is 5.91 Å². The van der Waals surface area contributed by atoms with Crippen LogP contribution in [-0.4, -0.2) is 40.8 Å². The van der Waals surface area contributed by atoms with Gasteiger partial charge in [-0.05, 0) is 55.4 Å². The number of alkyl halides is 2. The number of hydrogen-bond acceptors (Lipinski definition) is 5. The maximum Gasteiger partial charge on any atom is 0.252 e. The van der Waals surface area contributed by atoms with E-state index in [1.54, 1.807) is 23.2 Å². The fourth-order valence-corrected chi connectivity index (χ4v) is 3.91. The molecule has 0 radical (unpaired) electrons. The van der Waals surface area contributed by atoms with E-state index < -0.39 is 17.7 Å². The lowest BCUT2D eigenvalue weighted by Gasteiger charge is -2.33. The zero-order chi connectivity index (χ0) is 22.9. The minimum absolute atomic E-state index is 0.198. The number of pyridine rings is 2. The Morgan fingerprint density at radius 1 is 1.03 bits per heavy atom. The monoisotopic (exact) mass is 443 g/mol. The molecule has 170 valence electrons. The van der Waals surface area contributed by atoms with Gasteiger partial charge in [-0.25, -0.2) is 13.8 Å². The molecule has 0 atom stereocenters. The van der Waals surface area contributed by atoms with E-state index in [0.717, 1.165) is 36.9 Å². The molecule has 7 nitrogen and oxygen atoms in total. The lowest BCUT2D eigenvalue weighted by Crippen LogP contribution is -2.41. The summed E-state index contributed by atoms with van der Waals surface area (Å²) in [5, 5.41) is 0. The van der Waals surface area contributed by atoms with Crippen LogP contribution in [0, 0.1) is 0 Å². The van der Waals surface area contributed by atoms with Crippen molar-refractivity contribution in [3.05, 3.63) is 53.0 Å². The van der Waals surface area contributed by atoms with Crippen molar-refractivity contribution in [3.8, 4) is 0 Å². The molecule has 0 unspecified atom stereocenters. The van der Waals surface area contributed by atoms with Crippen LogP contribution in [-0.2, 0) is 0 Å². The van der Waals surface area contributed by atoms with E-state index in [1.807, 2.05) is 6.07 Å². The summed E-state index contributed by atoms with van der Waals surface area (Å²) in [6, 6.07) is 5.18. The second-order valence-corrected chi connectivity index (χ2v) is 8.70. The quantitative estimate of drug-likeness (QED) is 0.735. The van der Waals surface area contributed by atoms with Gasteiger partial charge in [-0.3, -0.25) is 14.6 Å². The van der Waals surface area contributed by atoms with Crippen LogP contribution in [0.2, 0.25) is 0 Å². The van der Waals surface area contributed by atoms with Gasteiger partial charge in [0, 0.05) is 49.9 Å². The number of hydrogen-bond donors (Lipinski definition) is 2. The molecule has 0 spiro atoms. The van der Waals surface area contributed by atoms with Crippen molar-refractivity contribution in [3.63, 3.8) is 0 Å². The molecule has 9 heteroatoms. The van der Waals surface area contributed by atoms with Gasteiger partial charge in [-0.1, -0.05) is 0 Å². The molecule has 0 bridgehead atoms. The number of aromatic nitrogens is 2. The molecule has 4 N–H and O–H groups in total. The Morgan fingerprint density at radius 2 is 1.69 bits per heavy atom. The second kappa shape index (κ2) is 8.80. The number of anilines is 1. The van der Waals surface area contributed by atoms with Crippen molar-refractivity contribution in [1.82, 2.24) is 9.97 Å². The number of nitrogens with zero attached hydrogens (tertiary/aromatic N) is 3. The average Bonchev–Trinajstić information content (AvgIpc) is 3.67. The Hall–Kier alpha value is -3.10. The molecule has 1 aliphatic heterocycles. The summed E-state index contributed by atoms with van der Waals surface area (Å²) >= 11 is 0. The first-order valence-electron chi connectivity index (χ1n) is 10.9. The number of primary amides is 2. The van der Waals surface area contributed by atoms with Gasteiger partial charge < -0.3 is 16.4 Å². The third-order valence-electron chi connectivity index (χ3n) is 6.05. The first kappa shape index (κ1) is 22.1. The molecule has 3 aliphatic rings. The molecule has 2 saturated carbocycles. The van der Waals surface area contributed by atoms with E-state index in [9.17, 15) is 18.4 Å². The maximum atomic E-state index is 13.4. The van der Waals surface area contributed by atoms with E-state index in [-0.39, 0.29) is 25.9 Å². The molecule has 2 aliphatic carbocycles. The number of carbonyl (C=O) groups excluding carboxylic acids is 2. The topological polar surface area (TPSA) is 115 Å². The average molecular weight is 443 g/mol. The Morgan fingerprint density at radius 3 is 2.16 bits per heavy atom. The van der Waals surface area contributed by atoms with Gasteiger partial charge in [0.1, 0.15) is 5.82 Å². The zero-order valence-electron chi connectivity index (χ0n) is 17.8. The van der Waals surface area contributed by atoms with Crippen LogP contribution in [0.3, 0.4) is 0 Å². The van der Waals surface area contributed by atoms with Crippen LogP contribution in [0.25, 0.3) is 0 Å².